The Balaban J connectivity index is 5.16. The summed E-state index contributed by atoms with van der Waals surface area (Å²) in [7, 11) is 0. The monoisotopic (exact) mass is 184 g/mol. The molecule has 0 N–H and O–H groups in total. The van der Waals surface area contributed by atoms with Gasteiger partial charge in [0.25, 0.3) is 0 Å². The van der Waals surface area contributed by atoms with Gasteiger partial charge in [0.2, 0.25) is 0 Å². The van der Waals surface area contributed by atoms with Crippen LogP contribution in [0.25, 0.3) is 0 Å². The molecule has 1 nitrogen and oxygen atoms in total. The Hall–Kier alpha value is -0.330. The van der Waals surface area contributed by atoms with E-state index in [1.165, 1.54) is 0 Å². The summed E-state index contributed by atoms with van der Waals surface area (Å²) in [6, 6.07) is 0. The van der Waals surface area contributed by atoms with E-state index in [1.807, 2.05) is 13.8 Å². The fraction of sp³-hybridized carbons (Fsp3) is 0.917. The zero-order valence-electron chi connectivity index (χ0n) is 10.4. The maximum absolute atomic E-state index is 11.6. The zero-order valence-corrected chi connectivity index (χ0v) is 10.4. The van der Waals surface area contributed by atoms with Crippen molar-refractivity contribution in [3.8, 4) is 0 Å². The van der Waals surface area contributed by atoms with Crippen LogP contribution in [0.2, 0.25) is 0 Å². The smallest absolute Gasteiger partial charge is 0.135 e. The van der Waals surface area contributed by atoms with Gasteiger partial charge < -0.3 is 0 Å². The Bertz CT molecular complexity index is 204. The SMILES string of the molecule is CC(=O)C(C)(C)C(C)(C)C(C)(C)C. The molecule has 13 heavy (non-hydrogen) atoms. The van der Waals surface area contributed by atoms with Crippen molar-refractivity contribution in [1.82, 2.24) is 0 Å². The molecule has 0 atom stereocenters. The second-order valence-corrected chi connectivity index (χ2v) is 6.06. The van der Waals surface area contributed by atoms with E-state index < -0.39 is 0 Å². The molecule has 0 aromatic rings. The molecule has 0 saturated carbocycles. The highest BCUT2D eigenvalue weighted by atomic mass is 16.1. The van der Waals surface area contributed by atoms with Crippen LogP contribution in [0.4, 0.5) is 0 Å². The molecule has 1 heteroatoms. The first-order valence-electron chi connectivity index (χ1n) is 4.95. The third kappa shape index (κ3) is 1.95. The summed E-state index contributed by atoms with van der Waals surface area (Å²) < 4.78 is 0. The minimum atomic E-state index is -0.259. The average Bonchev–Trinajstić information content (AvgIpc) is 1.84. The van der Waals surface area contributed by atoms with Crippen molar-refractivity contribution in [2.75, 3.05) is 0 Å². The van der Waals surface area contributed by atoms with E-state index in [1.54, 1.807) is 6.92 Å². The molecule has 0 heterocycles. The van der Waals surface area contributed by atoms with Gasteiger partial charge in [-0.2, -0.15) is 0 Å². The van der Waals surface area contributed by atoms with Gasteiger partial charge in [0, 0.05) is 5.41 Å². The molecule has 0 saturated heterocycles. The lowest BCUT2D eigenvalue weighted by atomic mass is 9.54. The average molecular weight is 184 g/mol. The van der Waals surface area contributed by atoms with E-state index in [0.29, 0.717) is 0 Å². The molecule has 0 unspecified atom stereocenters. The van der Waals surface area contributed by atoms with E-state index in [2.05, 4.69) is 34.6 Å². The second kappa shape index (κ2) is 3.11. The van der Waals surface area contributed by atoms with Gasteiger partial charge >= 0.3 is 0 Å². The molecule has 0 aliphatic rings. The van der Waals surface area contributed by atoms with Crippen molar-refractivity contribution in [2.45, 2.75) is 55.4 Å². The number of carbonyl (C=O) groups is 1. The van der Waals surface area contributed by atoms with Crippen LogP contribution in [-0.2, 0) is 4.79 Å². The lowest BCUT2D eigenvalue weighted by Crippen LogP contribution is -2.46. The van der Waals surface area contributed by atoms with Gasteiger partial charge in [0.15, 0.2) is 0 Å². The molecule has 0 spiro atoms. The molecule has 0 aliphatic carbocycles. The molecular formula is C12H24O. The van der Waals surface area contributed by atoms with E-state index in [-0.39, 0.29) is 22.0 Å². The normalized spacial score (nSPS) is 14.5. The Morgan fingerprint density at radius 1 is 0.846 bits per heavy atom. The molecule has 0 bridgehead atoms. The Labute approximate surface area is 82.9 Å². The highest BCUT2D eigenvalue weighted by Crippen LogP contribution is 2.51. The standard InChI is InChI=1S/C12H24O/c1-9(13)11(5,6)12(7,8)10(2,3)4/h1-8H3. The fourth-order valence-electron chi connectivity index (χ4n) is 1.38. The van der Waals surface area contributed by atoms with Gasteiger partial charge in [-0.05, 0) is 17.8 Å². The van der Waals surface area contributed by atoms with Crippen molar-refractivity contribution in [2.24, 2.45) is 16.2 Å². The predicted molar refractivity (Wildman–Crippen MR) is 57.7 cm³/mol. The number of rotatable bonds is 2. The van der Waals surface area contributed by atoms with Gasteiger partial charge in [-0.3, -0.25) is 4.79 Å². The van der Waals surface area contributed by atoms with Crippen molar-refractivity contribution in [3.63, 3.8) is 0 Å². The molecule has 0 aliphatic heterocycles. The first-order valence-corrected chi connectivity index (χ1v) is 4.95. The maximum Gasteiger partial charge on any atom is 0.135 e. The van der Waals surface area contributed by atoms with Crippen LogP contribution in [0, 0.1) is 16.2 Å². The van der Waals surface area contributed by atoms with Crippen LogP contribution in [-0.4, -0.2) is 5.78 Å². The Kier molecular flexibility index (Phi) is 3.03. The zero-order chi connectivity index (χ0) is 11.1. The van der Waals surface area contributed by atoms with Crippen molar-refractivity contribution < 1.29 is 4.79 Å². The number of hydrogen-bond acceptors (Lipinski definition) is 1. The summed E-state index contributed by atoms with van der Waals surface area (Å²) in [4.78, 5) is 11.6. The molecular weight excluding hydrogens is 160 g/mol. The summed E-state index contributed by atoms with van der Waals surface area (Å²) in [6.07, 6.45) is 0. The lowest BCUT2D eigenvalue weighted by molar-refractivity contribution is -0.136. The largest absolute Gasteiger partial charge is 0.299 e. The summed E-state index contributed by atoms with van der Waals surface area (Å²) in [5.74, 6) is 0.271. The van der Waals surface area contributed by atoms with Crippen LogP contribution >= 0.6 is 0 Å². The Morgan fingerprint density at radius 3 is 1.23 bits per heavy atom. The fourth-order valence-corrected chi connectivity index (χ4v) is 1.38. The molecule has 0 aromatic carbocycles. The topological polar surface area (TPSA) is 17.1 Å². The van der Waals surface area contributed by atoms with E-state index >= 15 is 0 Å². The number of Topliss-reactive ketones (excluding diaryl/α,β-unsaturated/α-hetero) is 1. The third-order valence-corrected chi connectivity index (χ3v) is 4.32. The molecule has 0 rings (SSSR count). The van der Waals surface area contributed by atoms with Crippen LogP contribution in [0.3, 0.4) is 0 Å². The highest BCUT2D eigenvalue weighted by molar-refractivity contribution is 5.82. The number of hydrogen-bond donors (Lipinski definition) is 0. The van der Waals surface area contributed by atoms with Crippen LogP contribution < -0.4 is 0 Å². The van der Waals surface area contributed by atoms with Gasteiger partial charge in [-0.25, -0.2) is 0 Å². The van der Waals surface area contributed by atoms with Gasteiger partial charge in [0.05, 0.1) is 0 Å². The molecule has 78 valence electrons. The van der Waals surface area contributed by atoms with Gasteiger partial charge in [0.1, 0.15) is 5.78 Å². The van der Waals surface area contributed by atoms with E-state index in [9.17, 15) is 4.79 Å². The molecule has 0 radical (unpaired) electrons. The van der Waals surface area contributed by atoms with Gasteiger partial charge in [-0.15, -0.1) is 0 Å². The van der Waals surface area contributed by atoms with Crippen LogP contribution in [0.5, 0.6) is 0 Å². The highest BCUT2D eigenvalue weighted by Gasteiger charge is 2.47. The first-order chi connectivity index (χ1) is 5.44. The van der Waals surface area contributed by atoms with E-state index in [0.717, 1.165) is 0 Å². The third-order valence-electron chi connectivity index (χ3n) is 4.32. The van der Waals surface area contributed by atoms with Crippen molar-refractivity contribution in [3.05, 3.63) is 0 Å². The summed E-state index contributed by atoms with van der Waals surface area (Å²) in [5, 5.41) is 0. The number of carbonyl (C=O) groups excluding carboxylic acids is 1. The molecule has 0 fully saturated rings. The van der Waals surface area contributed by atoms with E-state index in [4.69, 9.17) is 0 Å². The molecule has 0 amide bonds. The van der Waals surface area contributed by atoms with Crippen LogP contribution in [0.1, 0.15) is 55.4 Å². The number of ketones is 1. The van der Waals surface area contributed by atoms with Gasteiger partial charge in [-0.1, -0.05) is 48.5 Å². The maximum atomic E-state index is 11.6. The Morgan fingerprint density at radius 2 is 1.15 bits per heavy atom. The second-order valence-electron chi connectivity index (χ2n) is 6.06. The van der Waals surface area contributed by atoms with Crippen molar-refractivity contribution in [1.29, 1.82) is 0 Å². The quantitative estimate of drug-likeness (QED) is 0.640. The molecule has 0 aromatic heterocycles. The first kappa shape index (κ1) is 12.7. The summed E-state index contributed by atoms with van der Waals surface area (Å²) >= 11 is 0. The summed E-state index contributed by atoms with van der Waals surface area (Å²) in [5.41, 5.74) is -0.112. The summed E-state index contributed by atoms with van der Waals surface area (Å²) in [6.45, 7) is 16.7. The van der Waals surface area contributed by atoms with Crippen molar-refractivity contribution >= 4 is 5.78 Å². The lowest BCUT2D eigenvalue weighted by Gasteiger charge is -2.49. The predicted octanol–water partition coefficient (Wildman–Crippen LogP) is 3.67. The minimum absolute atomic E-state index is 0.00579. The minimum Gasteiger partial charge on any atom is -0.299 e. The van der Waals surface area contributed by atoms with Crippen LogP contribution in [0.15, 0.2) is 0 Å².